The van der Waals surface area contributed by atoms with E-state index in [2.05, 4.69) is 15.0 Å². The fourth-order valence-corrected chi connectivity index (χ4v) is 3.58. The minimum atomic E-state index is -1.59. The zero-order chi connectivity index (χ0) is 24.5. The number of aryl methyl sites for hydroxylation is 1. The summed E-state index contributed by atoms with van der Waals surface area (Å²) in [5.41, 5.74) is 1.14. The van der Waals surface area contributed by atoms with Crippen LogP contribution in [-0.4, -0.2) is 25.3 Å². The summed E-state index contributed by atoms with van der Waals surface area (Å²) in [5.74, 6) is -5.42. The monoisotopic (exact) mass is 474 g/mol. The second-order valence-electron chi connectivity index (χ2n) is 7.82. The lowest BCUT2D eigenvalue weighted by Crippen LogP contribution is -2.12. The Morgan fingerprint density at radius 3 is 2.51 bits per heavy atom. The molecule has 0 fully saturated rings. The van der Waals surface area contributed by atoms with E-state index in [-0.39, 0.29) is 12.2 Å². The van der Waals surface area contributed by atoms with Gasteiger partial charge in [0.25, 0.3) is 0 Å². The number of carbonyl (C=O) groups is 1. The molecule has 3 aromatic carbocycles. The molecule has 0 N–H and O–H groups in total. The quantitative estimate of drug-likeness (QED) is 0.245. The summed E-state index contributed by atoms with van der Waals surface area (Å²) in [7, 11) is 0. The first kappa shape index (κ1) is 22.3. The largest absolute Gasteiger partial charge is 0.486 e. The molecule has 0 aliphatic rings. The summed E-state index contributed by atoms with van der Waals surface area (Å²) in [6, 6.07) is 13.6. The van der Waals surface area contributed by atoms with Crippen LogP contribution in [0.1, 0.15) is 27.2 Å². The van der Waals surface area contributed by atoms with Gasteiger partial charge in [0.15, 0.2) is 34.8 Å². The molecule has 174 valence electrons. The molecule has 0 saturated heterocycles. The Balaban J connectivity index is 1.51. The maximum atomic E-state index is 15.2. The normalized spacial score (nSPS) is 11.1. The lowest BCUT2D eigenvalue weighted by atomic mass is 10.0. The van der Waals surface area contributed by atoms with Gasteiger partial charge in [-0.15, -0.1) is 0 Å². The summed E-state index contributed by atoms with van der Waals surface area (Å²) in [6.07, 6.45) is 4.85. The standard InChI is InChI=1S/C26H17F3N4O2/c1-15-12-33(14-31-15)22-11-30-19-8-7-17(9-20(19)32-22)26(34)23-24(28)18(27)10-21(25(23)29)35-13-16-5-3-2-4-6-16/h2-12,14H,13H2,1H3. The van der Waals surface area contributed by atoms with Crippen molar-refractivity contribution in [3.8, 4) is 11.6 Å². The number of ketones is 1. The summed E-state index contributed by atoms with van der Waals surface area (Å²) in [5, 5.41) is 0. The molecular weight excluding hydrogens is 457 g/mol. The van der Waals surface area contributed by atoms with E-state index < -0.39 is 34.5 Å². The van der Waals surface area contributed by atoms with Crippen molar-refractivity contribution >= 4 is 16.8 Å². The number of halogens is 3. The minimum absolute atomic E-state index is 0.0804. The van der Waals surface area contributed by atoms with E-state index in [4.69, 9.17) is 4.74 Å². The number of fused-ring (bicyclic) bond motifs is 1. The Hall–Kier alpha value is -4.53. The average Bonchev–Trinajstić information content (AvgIpc) is 3.31. The fraction of sp³-hybridized carbons (Fsp3) is 0.0769. The van der Waals surface area contributed by atoms with Crippen LogP contribution in [0.15, 0.2) is 73.3 Å². The van der Waals surface area contributed by atoms with Crippen molar-refractivity contribution in [2.75, 3.05) is 0 Å². The highest BCUT2D eigenvalue weighted by molar-refractivity contribution is 6.10. The van der Waals surface area contributed by atoms with Crippen molar-refractivity contribution in [2.45, 2.75) is 13.5 Å². The molecular formula is C26H17F3N4O2. The number of benzene rings is 3. The van der Waals surface area contributed by atoms with E-state index in [0.29, 0.717) is 28.5 Å². The first-order valence-electron chi connectivity index (χ1n) is 10.6. The molecule has 0 atom stereocenters. The third-order valence-electron chi connectivity index (χ3n) is 5.35. The SMILES string of the molecule is Cc1cn(-c2cnc3ccc(C(=O)c4c(F)c(F)cc(OCc5ccccc5)c4F)cc3n2)cn1. The Labute approximate surface area is 197 Å². The highest BCUT2D eigenvalue weighted by Crippen LogP contribution is 2.29. The molecule has 2 aromatic heterocycles. The van der Waals surface area contributed by atoms with Crippen molar-refractivity contribution in [3.63, 3.8) is 0 Å². The van der Waals surface area contributed by atoms with E-state index in [1.807, 2.05) is 6.92 Å². The molecule has 0 bridgehead atoms. The molecule has 0 amide bonds. The molecule has 5 rings (SSSR count). The number of aromatic nitrogens is 4. The lowest BCUT2D eigenvalue weighted by molar-refractivity contribution is 0.102. The Bertz CT molecular complexity index is 1570. The van der Waals surface area contributed by atoms with Crippen molar-refractivity contribution < 1.29 is 22.7 Å². The van der Waals surface area contributed by atoms with Crippen LogP contribution in [0, 0.1) is 24.4 Å². The van der Waals surface area contributed by atoms with E-state index in [0.717, 1.165) is 5.69 Å². The van der Waals surface area contributed by atoms with E-state index in [1.54, 1.807) is 47.4 Å². The van der Waals surface area contributed by atoms with Crippen LogP contribution < -0.4 is 4.74 Å². The predicted octanol–water partition coefficient (Wildman–Crippen LogP) is 5.35. The minimum Gasteiger partial charge on any atom is -0.486 e. The number of hydrogen-bond donors (Lipinski definition) is 0. The molecule has 2 heterocycles. The van der Waals surface area contributed by atoms with Gasteiger partial charge >= 0.3 is 0 Å². The maximum absolute atomic E-state index is 15.2. The van der Waals surface area contributed by atoms with Crippen LogP contribution in [-0.2, 0) is 6.61 Å². The van der Waals surface area contributed by atoms with E-state index >= 15 is 4.39 Å². The van der Waals surface area contributed by atoms with Crippen molar-refractivity contribution in [1.82, 2.24) is 19.5 Å². The van der Waals surface area contributed by atoms with Crippen molar-refractivity contribution in [1.29, 1.82) is 0 Å². The lowest BCUT2D eigenvalue weighted by Gasteiger charge is -2.12. The molecule has 6 nitrogen and oxygen atoms in total. The molecule has 35 heavy (non-hydrogen) atoms. The van der Waals surface area contributed by atoms with Crippen LogP contribution >= 0.6 is 0 Å². The molecule has 0 aliphatic carbocycles. The van der Waals surface area contributed by atoms with Crippen molar-refractivity contribution in [3.05, 3.63) is 113 Å². The van der Waals surface area contributed by atoms with Gasteiger partial charge in [-0.1, -0.05) is 30.3 Å². The highest BCUT2D eigenvalue weighted by Gasteiger charge is 2.26. The van der Waals surface area contributed by atoms with Gasteiger partial charge in [-0.2, -0.15) is 0 Å². The molecule has 0 aliphatic heterocycles. The first-order valence-corrected chi connectivity index (χ1v) is 10.6. The van der Waals surface area contributed by atoms with Gasteiger partial charge in [0.05, 0.1) is 22.9 Å². The third-order valence-corrected chi connectivity index (χ3v) is 5.35. The zero-order valence-electron chi connectivity index (χ0n) is 18.4. The number of nitrogens with zero attached hydrogens (tertiary/aromatic N) is 4. The number of rotatable bonds is 6. The number of ether oxygens (including phenoxy) is 1. The van der Waals surface area contributed by atoms with Gasteiger partial charge in [-0.05, 0) is 30.7 Å². The topological polar surface area (TPSA) is 69.9 Å². The summed E-state index contributed by atoms with van der Waals surface area (Å²) < 4.78 is 51.1. The second-order valence-corrected chi connectivity index (χ2v) is 7.82. The Kier molecular flexibility index (Phi) is 5.74. The van der Waals surface area contributed by atoms with Gasteiger partial charge in [0.1, 0.15) is 18.5 Å². The van der Waals surface area contributed by atoms with Crippen LogP contribution in [0.5, 0.6) is 5.75 Å². The smallest absolute Gasteiger partial charge is 0.199 e. The van der Waals surface area contributed by atoms with E-state index in [9.17, 15) is 13.6 Å². The molecule has 9 heteroatoms. The van der Waals surface area contributed by atoms with Crippen LogP contribution in [0.25, 0.3) is 16.9 Å². The Morgan fingerprint density at radius 1 is 0.971 bits per heavy atom. The molecule has 0 radical (unpaired) electrons. The number of carbonyl (C=O) groups excluding carboxylic acids is 1. The number of imidazole rings is 1. The predicted molar refractivity (Wildman–Crippen MR) is 122 cm³/mol. The van der Waals surface area contributed by atoms with Crippen LogP contribution in [0.4, 0.5) is 13.2 Å². The first-order chi connectivity index (χ1) is 16.9. The molecule has 0 spiro atoms. The molecule has 5 aromatic rings. The summed E-state index contributed by atoms with van der Waals surface area (Å²) in [6.45, 7) is 1.74. The third kappa shape index (κ3) is 4.35. The Morgan fingerprint density at radius 2 is 1.77 bits per heavy atom. The van der Waals surface area contributed by atoms with Crippen LogP contribution in [0.2, 0.25) is 0 Å². The van der Waals surface area contributed by atoms with Gasteiger partial charge in [0.2, 0.25) is 0 Å². The number of hydrogen-bond acceptors (Lipinski definition) is 5. The second kappa shape index (κ2) is 9.02. The average molecular weight is 474 g/mol. The summed E-state index contributed by atoms with van der Waals surface area (Å²) >= 11 is 0. The van der Waals surface area contributed by atoms with Gasteiger partial charge in [0, 0.05) is 17.8 Å². The molecule has 0 unspecified atom stereocenters. The van der Waals surface area contributed by atoms with Crippen molar-refractivity contribution in [2.24, 2.45) is 0 Å². The maximum Gasteiger partial charge on any atom is 0.199 e. The summed E-state index contributed by atoms with van der Waals surface area (Å²) in [4.78, 5) is 26.0. The fourth-order valence-electron chi connectivity index (χ4n) is 3.58. The van der Waals surface area contributed by atoms with Gasteiger partial charge in [-0.3, -0.25) is 14.3 Å². The van der Waals surface area contributed by atoms with Gasteiger partial charge in [-0.25, -0.2) is 23.1 Å². The molecule has 0 saturated carbocycles. The highest BCUT2D eigenvalue weighted by atomic mass is 19.2. The van der Waals surface area contributed by atoms with Crippen LogP contribution in [0.3, 0.4) is 0 Å². The zero-order valence-corrected chi connectivity index (χ0v) is 18.4. The van der Waals surface area contributed by atoms with E-state index in [1.165, 1.54) is 24.4 Å². The van der Waals surface area contributed by atoms with Gasteiger partial charge < -0.3 is 4.74 Å².